The van der Waals surface area contributed by atoms with Gasteiger partial charge in [-0.3, -0.25) is 9.89 Å². The summed E-state index contributed by atoms with van der Waals surface area (Å²) >= 11 is 0. The number of amides is 1. The number of nitrogens with one attached hydrogen (secondary N) is 2. The van der Waals surface area contributed by atoms with Gasteiger partial charge in [0, 0.05) is 13.1 Å². The van der Waals surface area contributed by atoms with E-state index in [1.165, 1.54) is 6.26 Å². The van der Waals surface area contributed by atoms with Gasteiger partial charge in [0.25, 0.3) is 0 Å². The second-order valence-electron chi connectivity index (χ2n) is 8.82. The molecule has 9 nitrogen and oxygen atoms in total. The lowest BCUT2D eigenvalue weighted by Gasteiger charge is -2.35. The summed E-state index contributed by atoms with van der Waals surface area (Å²) in [5.41, 5.74) is -1.39. The number of hydrogen-bond donors (Lipinski definition) is 3. The number of aliphatic hydroxyl groups excluding tert-OH is 1. The fourth-order valence-electron chi connectivity index (χ4n) is 3.41. The molecule has 9 heteroatoms. The quantitative estimate of drug-likeness (QED) is 0.476. The highest BCUT2D eigenvalue weighted by Crippen LogP contribution is 2.33. The molecule has 0 spiro atoms. The maximum atomic E-state index is 12.9. The van der Waals surface area contributed by atoms with E-state index in [1.807, 2.05) is 48.5 Å². The summed E-state index contributed by atoms with van der Waals surface area (Å²) in [6, 6.07) is 3.17. The molecule has 2 heterocycles. The number of furan rings is 1. The van der Waals surface area contributed by atoms with E-state index in [1.54, 1.807) is 17.0 Å². The maximum absolute atomic E-state index is 12.9. The van der Waals surface area contributed by atoms with Crippen molar-refractivity contribution >= 4 is 12.1 Å². The van der Waals surface area contributed by atoms with Gasteiger partial charge < -0.3 is 29.6 Å². The predicted molar refractivity (Wildman–Crippen MR) is 114 cm³/mol. The van der Waals surface area contributed by atoms with Crippen LogP contribution < -0.4 is 10.6 Å². The molecule has 0 saturated carbocycles. The molecule has 3 atom stereocenters. The Hall–Kier alpha value is -2.26. The lowest BCUT2D eigenvalue weighted by molar-refractivity contribution is -0.0755. The third kappa shape index (κ3) is 6.37. The molecule has 1 aromatic rings. The Labute approximate surface area is 178 Å². The summed E-state index contributed by atoms with van der Waals surface area (Å²) in [7, 11) is 0. The molecule has 170 valence electrons. The van der Waals surface area contributed by atoms with Crippen LogP contribution in [0.3, 0.4) is 0 Å². The number of hydrogen-bond acceptors (Lipinski definition) is 6. The highest BCUT2D eigenvalue weighted by molar-refractivity contribution is 5.80. The van der Waals surface area contributed by atoms with Crippen LogP contribution in [-0.4, -0.2) is 65.2 Å². The molecule has 1 aliphatic heterocycles. The molecule has 2 rings (SSSR count). The normalized spacial score (nSPS) is 22.7. The van der Waals surface area contributed by atoms with E-state index in [4.69, 9.17) is 13.9 Å². The molecule has 0 aromatic carbocycles. The van der Waals surface area contributed by atoms with Crippen LogP contribution in [0.15, 0.2) is 27.8 Å². The summed E-state index contributed by atoms with van der Waals surface area (Å²) < 4.78 is 16.8. The number of aliphatic imine (C=N–C) groups is 1. The largest absolute Gasteiger partial charge is 0.467 e. The third-order valence-corrected chi connectivity index (χ3v) is 4.63. The van der Waals surface area contributed by atoms with Gasteiger partial charge in [-0.05, 0) is 60.6 Å². The van der Waals surface area contributed by atoms with Crippen molar-refractivity contribution in [3.8, 4) is 0 Å². The fraction of sp³-hybridized carbons (Fsp3) is 0.714. The van der Waals surface area contributed by atoms with Crippen LogP contribution >= 0.6 is 0 Å². The van der Waals surface area contributed by atoms with Crippen molar-refractivity contribution in [3.63, 3.8) is 0 Å². The molecule has 30 heavy (non-hydrogen) atoms. The van der Waals surface area contributed by atoms with Gasteiger partial charge in [0.1, 0.15) is 23.2 Å². The SMILES string of the molecule is CCNC(=NCC(O)c1ccco1)NCC1C(C)OC(C)(C)N1C(=O)OC(C)(C)C. The van der Waals surface area contributed by atoms with Gasteiger partial charge in [-0.25, -0.2) is 4.79 Å². The summed E-state index contributed by atoms with van der Waals surface area (Å²) in [5.74, 6) is 0.995. The van der Waals surface area contributed by atoms with Gasteiger partial charge in [0.05, 0.1) is 25.0 Å². The van der Waals surface area contributed by atoms with Crippen LogP contribution in [0.1, 0.15) is 60.3 Å². The molecular formula is C21H36N4O5. The van der Waals surface area contributed by atoms with E-state index >= 15 is 0 Å². The average Bonchev–Trinajstić information content (AvgIpc) is 3.21. The minimum Gasteiger partial charge on any atom is -0.467 e. The first-order chi connectivity index (χ1) is 13.9. The van der Waals surface area contributed by atoms with Crippen LogP contribution in [0.5, 0.6) is 0 Å². The first kappa shape index (κ1) is 24.0. The van der Waals surface area contributed by atoms with Crippen molar-refractivity contribution in [2.75, 3.05) is 19.6 Å². The van der Waals surface area contributed by atoms with E-state index in [-0.39, 0.29) is 18.7 Å². The lowest BCUT2D eigenvalue weighted by Crippen LogP contribution is -2.54. The number of ether oxygens (including phenoxy) is 2. The topological polar surface area (TPSA) is 109 Å². The van der Waals surface area contributed by atoms with Crippen molar-refractivity contribution < 1.29 is 23.8 Å². The monoisotopic (exact) mass is 424 g/mol. The molecule has 1 amide bonds. The zero-order chi connectivity index (χ0) is 22.5. The Morgan fingerprint density at radius 1 is 1.40 bits per heavy atom. The second kappa shape index (κ2) is 9.70. The second-order valence-corrected chi connectivity index (χ2v) is 8.82. The highest BCUT2D eigenvalue weighted by Gasteiger charge is 2.49. The van der Waals surface area contributed by atoms with Crippen molar-refractivity contribution in [1.29, 1.82) is 0 Å². The Kier molecular flexibility index (Phi) is 7.76. The summed E-state index contributed by atoms with van der Waals surface area (Å²) in [6.07, 6.45) is 0.0667. The van der Waals surface area contributed by atoms with Gasteiger partial charge in [-0.2, -0.15) is 0 Å². The van der Waals surface area contributed by atoms with Crippen LogP contribution in [0, 0.1) is 0 Å². The molecule has 0 bridgehead atoms. The lowest BCUT2D eigenvalue weighted by atomic mass is 10.1. The minimum absolute atomic E-state index is 0.140. The molecule has 1 saturated heterocycles. The molecule has 0 aliphatic carbocycles. The first-order valence-electron chi connectivity index (χ1n) is 10.4. The van der Waals surface area contributed by atoms with E-state index in [0.29, 0.717) is 24.8 Å². The zero-order valence-corrected chi connectivity index (χ0v) is 19.1. The standard InChI is InChI=1S/C21H36N4O5/c1-8-22-18(24-13-16(26)17-10-9-11-28-17)23-12-15-14(2)29-21(6,7)25(15)19(27)30-20(3,4)5/h9-11,14-16,26H,8,12-13H2,1-7H3,(H2,22,23,24). The minimum atomic E-state index is -0.832. The van der Waals surface area contributed by atoms with Gasteiger partial charge >= 0.3 is 6.09 Å². The maximum Gasteiger partial charge on any atom is 0.412 e. The van der Waals surface area contributed by atoms with Crippen molar-refractivity contribution in [3.05, 3.63) is 24.2 Å². The van der Waals surface area contributed by atoms with Gasteiger partial charge in [-0.1, -0.05) is 0 Å². The van der Waals surface area contributed by atoms with Crippen molar-refractivity contribution in [2.45, 2.75) is 78.0 Å². The van der Waals surface area contributed by atoms with Gasteiger partial charge in [-0.15, -0.1) is 0 Å². The Bertz CT molecular complexity index is 711. The average molecular weight is 425 g/mol. The number of guanidine groups is 1. The summed E-state index contributed by atoms with van der Waals surface area (Å²) in [6.45, 7) is 14.3. The van der Waals surface area contributed by atoms with Crippen molar-refractivity contribution in [1.82, 2.24) is 15.5 Å². The van der Waals surface area contributed by atoms with E-state index in [9.17, 15) is 9.90 Å². The number of carbonyl (C=O) groups is 1. The fourth-order valence-corrected chi connectivity index (χ4v) is 3.41. The van der Waals surface area contributed by atoms with E-state index in [2.05, 4.69) is 15.6 Å². The van der Waals surface area contributed by atoms with Crippen LogP contribution in [-0.2, 0) is 9.47 Å². The third-order valence-electron chi connectivity index (χ3n) is 4.63. The highest BCUT2D eigenvalue weighted by atomic mass is 16.6. The molecular weight excluding hydrogens is 388 g/mol. The Morgan fingerprint density at radius 2 is 2.10 bits per heavy atom. The van der Waals surface area contributed by atoms with Crippen LogP contribution in [0.4, 0.5) is 4.79 Å². The van der Waals surface area contributed by atoms with Gasteiger partial charge in [0.15, 0.2) is 5.96 Å². The molecule has 0 radical (unpaired) electrons. The smallest absolute Gasteiger partial charge is 0.412 e. The summed E-state index contributed by atoms with van der Waals surface area (Å²) in [5, 5.41) is 16.6. The molecule has 3 N–H and O–H groups in total. The van der Waals surface area contributed by atoms with Gasteiger partial charge in [0.2, 0.25) is 0 Å². The number of nitrogens with zero attached hydrogens (tertiary/aromatic N) is 2. The number of rotatable bonds is 6. The van der Waals surface area contributed by atoms with Crippen molar-refractivity contribution in [2.24, 2.45) is 4.99 Å². The number of carbonyl (C=O) groups excluding carboxylic acids is 1. The van der Waals surface area contributed by atoms with E-state index in [0.717, 1.165) is 0 Å². The molecule has 1 aromatic heterocycles. The zero-order valence-electron chi connectivity index (χ0n) is 19.1. The molecule has 3 unspecified atom stereocenters. The van der Waals surface area contributed by atoms with Crippen LogP contribution in [0.2, 0.25) is 0 Å². The molecule has 1 aliphatic rings. The first-order valence-corrected chi connectivity index (χ1v) is 10.4. The van der Waals surface area contributed by atoms with E-state index < -0.39 is 23.5 Å². The predicted octanol–water partition coefficient (Wildman–Crippen LogP) is 2.63. The molecule has 1 fully saturated rings. The Balaban J connectivity index is 2.07. The summed E-state index contributed by atoms with van der Waals surface area (Å²) in [4.78, 5) is 18.9. The number of aliphatic hydroxyl groups is 1. The van der Waals surface area contributed by atoms with Crippen LogP contribution in [0.25, 0.3) is 0 Å². The Morgan fingerprint density at radius 3 is 2.67 bits per heavy atom.